The van der Waals surface area contributed by atoms with Gasteiger partial charge in [-0.1, -0.05) is 42.5 Å². The summed E-state index contributed by atoms with van der Waals surface area (Å²) in [7, 11) is -3.16. The number of aryl methyl sites for hydroxylation is 1. The standard InChI is InChI=1S/C19H25NO3S/c1-19(20-14-15-21,17-6-4-3-5-7-17)13-12-16-8-10-18(11-9-16)24(2,22)23/h3-11,20-21H,12-15H2,1-2H3. The zero-order chi connectivity index (χ0) is 17.6. The van der Waals surface area contributed by atoms with Gasteiger partial charge in [-0.05, 0) is 43.0 Å². The van der Waals surface area contributed by atoms with Crippen molar-refractivity contribution in [3.63, 3.8) is 0 Å². The fourth-order valence-electron chi connectivity index (χ4n) is 2.77. The number of nitrogens with one attached hydrogen (secondary N) is 1. The largest absolute Gasteiger partial charge is 0.395 e. The van der Waals surface area contributed by atoms with E-state index in [-0.39, 0.29) is 12.1 Å². The minimum atomic E-state index is -3.16. The summed E-state index contributed by atoms with van der Waals surface area (Å²) in [6, 6.07) is 17.2. The second kappa shape index (κ2) is 7.92. The van der Waals surface area contributed by atoms with Crippen LogP contribution in [0.1, 0.15) is 24.5 Å². The summed E-state index contributed by atoms with van der Waals surface area (Å²) in [5.41, 5.74) is 2.01. The summed E-state index contributed by atoms with van der Waals surface area (Å²) in [5.74, 6) is 0. The van der Waals surface area contributed by atoms with Crippen molar-refractivity contribution in [1.29, 1.82) is 0 Å². The Morgan fingerprint density at radius 3 is 2.21 bits per heavy atom. The van der Waals surface area contributed by atoms with Crippen LogP contribution in [0.15, 0.2) is 59.5 Å². The highest BCUT2D eigenvalue weighted by Gasteiger charge is 2.25. The van der Waals surface area contributed by atoms with Crippen LogP contribution in [0.4, 0.5) is 0 Å². The fourth-order valence-corrected chi connectivity index (χ4v) is 3.40. The van der Waals surface area contributed by atoms with Gasteiger partial charge >= 0.3 is 0 Å². The average Bonchev–Trinajstić information content (AvgIpc) is 2.58. The fraction of sp³-hybridized carbons (Fsp3) is 0.368. The first-order valence-corrected chi connectivity index (χ1v) is 9.95. The Balaban J connectivity index is 2.13. The number of hydrogen-bond donors (Lipinski definition) is 2. The smallest absolute Gasteiger partial charge is 0.175 e. The molecule has 1 atom stereocenters. The van der Waals surface area contributed by atoms with E-state index >= 15 is 0 Å². The van der Waals surface area contributed by atoms with Crippen molar-refractivity contribution in [1.82, 2.24) is 5.32 Å². The maximum atomic E-state index is 11.5. The Morgan fingerprint density at radius 2 is 1.67 bits per heavy atom. The van der Waals surface area contributed by atoms with Gasteiger partial charge < -0.3 is 10.4 Å². The lowest BCUT2D eigenvalue weighted by Gasteiger charge is -2.32. The average molecular weight is 347 g/mol. The molecule has 1 unspecified atom stereocenters. The topological polar surface area (TPSA) is 66.4 Å². The summed E-state index contributed by atoms with van der Waals surface area (Å²) in [4.78, 5) is 0.343. The third kappa shape index (κ3) is 4.90. The van der Waals surface area contributed by atoms with Gasteiger partial charge in [0.1, 0.15) is 0 Å². The molecular formula is C19H25NO3S. The first kappa shape index (κ1) is 18.6. The molecule has 0 aliphatic carbocycles. The van der Waals surface area contributed by atoms with E-state index in [2.05, 4.69) is 24.4 Å². The molecule has 0 saturated carbocycles. The van der Waals surface area contributed by atoms with Gasteiger partial charge in [0.25, 0.3) is 0 Å². The highest BCUT2D eigenvalue weighted by Crippen LogP contribution is 2.26. The molecule has 0 aromatic heterocycles. The summed E-state index contributed by atoms with van der Waals surface area (Å²) in [6.07, 6.45) is 2.87. The van der Waals surface area contributed by atoms with E-state index in [9.17, 15) is 8.42 Å². The van der Waals surface area contributed by atoms with Gasteiger partial charge in [-0.2, -0.15) is 0 Å². The molecule has 24 heavy (non-hydrogen) atoms. The lowest BCUT2D eigenvalue weighted by atomic mass is 9.86. The Bertz CT molecular complexity index is 742. The first-order chi connectivity index (χ1) is 11.3. The summed E-state index contributed by atoms with van der Waals surface area (Å²) in [5, 5.41) is 12.6. The SMILES string of the molecule is CC(CCc1ccc(S(C)(=O)=O)cc1)(NCCO)c1ccccc1. The maximum absolute atomic E-state index is 11.5. The van der Waals surface area contributed by atoms with E-state index in [1.807, 2.05) is 30.3 Å². The second-order valence-electron chi connectivity index (χ2n) is 6.26. The van der Waals surface area contributed by atoms with Crippen molar-refractivity contribution in [2.45, 2.75) is 30.2 Å². The third-order valence-electron chi connectivity index (χ3n) is 4.30. The van der Waals surface area contributed by atoms with Crippen LogP contribution in [0.5, 0.6) is 0 Å². The predicted octanol–water partition coefficient (Wildman–Crippen LogP) is 2.52. The van der Waals surface area contributed by atoms with E-state index in [1.165, 1.54) is 11.8 Å². The lowest BCUT2D eigenvalue weighted by Crippen LogP contribution is -2.41. The van der Waals surface area contributed by atoms with E-state index in [0.717, 1.165) is 18.4 Å². The number of sulfone groups is 1. The van der Waals surface area contributed by atoms with Gasteiger partial charge in [0.2, 0.25) is 0 Å². The van der Waals surface area contributed by atoms with Crippen LogP contribution < -0.4 is 5.32 Å². The van der Waals surface area contributed by atoms with E-state index < -0.39 is 9.84 Å². The van der Waals surface area contributed by atoms with Crippen molar-refractivity contribution in [2.24, 2.45) is 0 Å². The number of aliphatic hydroxyl groups excluding tert-OH is 1. The molecule has 0 aliphatic rings. The van der Waals surface area contributed by atoms with Crippen LogP contribution in [0.3, 0.4) is 0 Å². The summed E-state index contributed by atoms with van der Waals surface area (Å²) in [6.45, 7) is 2.74. The third-order valence-corrected chi connectivity index (χ3v) is 5.43. The van der Waals surface area contributed by atoms with Crippen LogP contribution >= 0.6 is 0 Å². The molecule has 4 nitrogen and oxygen atoms in total. The number of aliphatic hydroxyl groups is 1. The number of rotatable bonds is 8. The van der Waals surface area contributed by atoms with E-state index in [4.69, 9.17) is 5.11 Å². The van der Waals surface area contributed by atoms with Crippen LogP contribution in [-0.4, -0.2) is 32.9 Å². The van der Waals surface area contributed by atoms with Crippen LogP contribution in [-0.2, 0) is 21.8 Å². The van der Waals surface area contributed by atoms with Gasteiger partial charge in [0, 0.05) is 18.3 Å². The molecule has 0 radical (unpaired) electrons. The van der Waals surface area contributed by atoms with Crippen molar-refractivity contribution in [3.05, 3.63) is 65.7 Å². The Labute approximate surface area is 144 Å². The van der Waals surface area contributed by atoms with Crippen molar-refractivity contribution in [3.8, 4) is 0 Å². The molecule has 2 rings (SSSR count). The molecule has 0 bridgehead atoms. The molecule has 0 amide bonds. The molecule has 2 aromatic rings. The number of hydrogen-bond acceptors (Lipinski definition) is 4. The molecule has 2 aromatic carbocycles. The molecule has 0 saturated heterocycles. The minimum Gasteiger partial charge on any atom is -0.395 e. The van der Waals surface area contributed by atoms with Crippen molar-refractivity contribution < 1.29 is 13.5 Å². The van der Waals surface area contributed by atoms with Crippen LogP contribution in [0.2, 0.25) is 0 Å². The Kier molecular flexibility index (Phi) is 6.15. The summed E-state index contributed by atoms with van der Waals surface area (Å²) >= 11 is 0. The molecule has 0 spiro atoms. The van der Waals surface area contributed by atoms with Crippen LogP contribution in [0.25, 0.3) is 0 Å². The second-order valence-corrected chi connectivity index (χ2v) is 8.28. The van der Waals surface area contributed by atoms with E-state index in [1.54, 1.807) is 12.1 Å². The zero-order valence-corrected chi connectivity index (χ0v) is 15.0. The quantitative estimate of drug-likeness (QED) is 0.770. The van der Waals surface area contributed by atoms with Crippen LogP contribution in [0, 0.1) is 0 Å². The van der Waals surface area contributed by atoms with Crippen molar-refractivity contribution >= 4 is 9.84 Å². The molecule has 0 heterocycles. The lowest BCUT2D eigenvalue weighted by molar-refractivity contribution is 0.253. The van der Waals surface area contributed by atoms with E-state index in [0.29, 0.717) is 11.4 Å². The highest BCUT2D eigenvalue weighted by atomic mass is 32.2. The molecular weight excluding hydrogens is 322 g/mol. The maximum Gasteiger partial charge on any atom is 0.175 e. The summed E-state index contributed by atoms with van der Waals surface area (Å²) < 4.78 is 23.1. The molecule has 0 fully saturated rings. The molecule has 5 heteroatoms. The monoisotopic (exact) mass is 347 g/mol. The van der Waals surface area contributed by atoms with Gasteiger partial charge in [-0.25, -0.2) is 8.42 Å². The van der Waals surface area contributed by atoms with Gasteiger partial charge in [-0.15, -0.1) is 0 Å². The van der Waals surface area contributed by atoms with Crippen molar-refractivity contribution in [2.75, 3.05) is 19.4 Å². The van der Waals surface area contributed by atoms with Gasteiger partial charge in [0.05, 0.1) is 11.5 Å². The highest BCUT2D eigenvalue weighted by molar-refractivity contribution is 7.90. The molecule has 130 valence electrons. The zero-order valence-electron chi connectivity index (χ0n) is 14.2. The van der Waals surface area contributed by atoms with Gasteiger partial charge in [-0.3, -0.25) is 0 Å². The Morgan fingerprint density at radius 1 is 1.04 bits per heavy atom. The first-order valence-electron chi connectivity index (χ1n) is 8.05. The molecule has 0 aliphatic heterocycles. The minimum absolute atomic E-state index is 0.0888. The normalized spacial score (nSPS) is 14.3. The number of benzene rings is 2. The molecule has 2 N–H and O–H groups in total. The Hall–Kier alpha value is -1.69. The van der Waals surface area contributed by atoms with Gasteiger partial charge in [0.15, 0.2) is 9.84 Å². The predicted molar refractivity (Wildman–Crippen MR) is 96.8 cm³/mol.